The highest BCUT2D eigenvalue weighted by molar-refractivity contribution is 7.59. The number of nitrogens with two attached hydrogens (primary N) is 1. The van der Waals surface area contributed by atoms with Gasteiger partial charge in [0.2, 0.25) is 11.8 Å². The number of hydrogen-bond donors (Lipinski definition) is 5. The van der Waals surface area contributed by atoms with Crippen LogP contribution in [0.1, 0.15) is 74.6 Å². The molecule has 5 atom stereocenters. The second-order valence-corrected chi connectivity index (χ2v) is 9.99. The molecule has 12 nitrogen and oxygen atoms in total. The van der Waals surface area contributed by atoms with Crippen LogP contribution >= 0.6 is 54.0 Å². The molecule has 0 bridgehead atoms. The predicted molar refractivity (Wildman–Crippen MR) is 177 cm³/mol. The molecule has 3 rings (SSSR count). The molecule has 1 aliphatic carbocycles. The third kappa shape index (κ3) is 11.5. The molecule has 0 aromatic carbocycles. The van der Waals surface area contributed by atoms with E-state index < -0.39 is 47.8 Å². The largest absolute Gasteiger partial charge is 0.480 e. The summed E-state index contributed by atoms with van der Waals surface area (Å²) >= 11 is 0. The zero-order valence-corrected chi connectivity index (χ0v) is 27.4. The topological polar surface area (TPSA) is 192 Å². The van der Waals surface area contributed by atoms with E-state index in [1.165, 1.54) is 17.3 Å². The molecule has 2 aliphatic rings. The number of hydrogen-bond acceptors (Lipinski definition) is 7. The minimum Gasteiger partial charge on any atom is -0.480 e. The molecule has 6 N–H and O–H groups in total. The maximum atomic E-state index is 13.1. The average molecular weight is 668 g/mol. The van der Waals surface area contributed by atoms with Crippen LogP contribution in [0.5, 0.6) is 0 Å². The Balaban J connectivity index is 0. The van der Waals surface area contributed by atoms with Gasteiger partial charge in [0, 0.05) is 24.9 Å². The van der Waals surface area contributed by atoms with Gasteiger partial charge in [0.25, 0.3) is 5.91 Å². The van der Waals surface area contributed by atoms with Gasteiger partial charge < -0.3 is 31.5 Å². The number of carbonyl (C=O) groups excluding carboxylic acids is 3. The first-order chi connectivity index (χ1) is 18.2. The fourth-order valence-corrected chi connectivity index (χ4v) is 5.47. The van der Waals surface area contributed by atoms with Crippen molar-refractivity contribution in [2.24, 2.45) is 11.7 Å². The van der Waals surface area contributed by atoms with Crippen molar-refractivity contribution in [1.29, 1.82) is 0 Å². The Hall–Kier alpha value is -2.14. The first-order valence-corrected chi connectivity index (χ1v) is 13.2. The zero-order valence-electron chi connectivity index (χ0n) is 23.4. The van der Waals surface area contributed by atoms with Gasteiger partial charge in [-0.15, -0.1) is 0 Å². The number of nitrogens with one attached hydrogen (secondary N) is 2. The van der Waals surface area contributed by atoms with E-state index in [0.717, 1.165) is 25.7 Å². The molecular formula is C26H45N5O7S4. The number of carboxylic acid groups (broad SMARTS) is 2. The third-order valence-electron chi connectivity index (χ3n) is 7.42. The van der Waals surface area contributed by atoms with Crippen LogP contribution in [0.15, 0.2) is 24.5 Å². The van der Waals surface area contributed by atoms with E-state index in [9.17, 15) is 34.2 Å². The number of likely N-dealkylation sites (tertiary alicyclic amines) is 1. The summed E-state index contributed by atoms with van der Waals surface area (Å²) in [5.74, 6) is -3.87. The van der Waals surface area contributed by atoms with E-state index in [2.05, 4.69) is 15.6 Å². The van der Waals surface area contributed by atoms with E-state index >= 15 is 0 Å². The summed E-state index contributed by atoms with van der Waals surface area (Å²) in [4.78, 5) is 67.9. The van der Waals surface area contributed by atoms with Gasteiger partial charge >= 0.3 is 11.9 Å². The second kappa shape index (κ2) is 20.7. The van der Waals surface area contributed by atoms with Gasteiger partial charge in [0.1, 0.15) is 18.1 Å². The molecule has 1 aliphatic heterocycles. The Bertz CT molecular complexity index is 1020. The summed E-state index contributed by atoms with van der Waals surface area (Å²) in [6, 6.07) is -0.326. The Morgan fingerprint density at radius 2 is 1.67 bits per heavy atom. The maximum Gasteiger partial charge on any atom is 0.326 e. The Labute approximate surface area is 274 Å². The summed E-state index contributed by atoms with van der Waals surface area (Å²) in [7, 11) is 0. The molecule has 16 heteroatoms. The number of nitrogens with zero attached hydrogens (tertiary/aromatic N) is 2. The molecule has 1 aromatic heterocycles. The summed E-state index contributed by atoms with van der Waals surface area (Å²) in [6.07, 6.45) is 7.79. The van der Waals surface area contributed by atoms with Gasteiger partial charge in [0.15, 0.2) is 0 Å². The number of pyridine rings is 1. The Morgan fingerprint density at radius 1 is 0.976 bits per heavy atom. The van der Waals surface area contributed by atoms with Gasteiger partial charge in [-0.1, -0.05) is 12.8 Å². The first-order valence-electron chi connectivity index (χ1n) is 13.2. The number of unbranched alkanes of at least 4 members (excludes halogenated alkanes) is 1. The normalized spacial score (nSPS) is 20.0. The lowest BCUT2D eigenvalue weighted by molar-refractivity contribution is -0.150. The highest BCUT2D eigenvalue weighted by Gasteiger charge is 2.47. The molecule has 2 fully saturated rings. The smallest absolute Gasteiger partial charge is 0.326 e. The van der Waals surface area contributed by atoms with Crippen molar-refractivity contribution < 1.29 is 34.2 Å². The number of carboxylic acids is 2. The first kappa shape index (κ1) is 42.0. The van der Waals surface area contributed by atoms with Gasteiger partial charge in [-0.2, -0.15) is 54.0 Å². The monoisotopic (exact) mass is 667 g/mol. The van der Waals surface area contributed by atoms with Crippen LogP contribution in [0, 0.1) is 5.92 Å². The SMILES string of the molecule is NCCCC[C@H](NC(=O)c1cccnc1)C(=O)N[C@H](CCC(=O)N1[C@H](C(=O)O)C[C@@H]2CCCC[C@@H]21)C(=O)O.S.S.S.S. The Kier molecular flexibility index (Phi) is 20.7. The fourth-order valence-electron chi connectivity index (χ4n) is 5.47. The molecule has 3 amide bonds. The maximum absolute atomic E-state index is 13.1. The van der Waals surface area contributed by atoms with E-state index in [1.807, 2.05) is 0 Å². The van der Waals surface area contributed by atoms with Crippen LogP contribution in [-0.2, 0) is 19.2 Å². The van der Waals surface area contributed by atoms with Crippen molar-refractivity contribution in [3.63, 3.8) is 0 Å². The van der Waals surface area contributed by atoms with Gasteiger partial charge in [-0.3, -0.25) is 19.4 Å². The molecule has 2 heterocycles. The molecule has 1 aromatic rings. The second-order valence-electron chi connectivity index (χ2n) is 9.99. The molecule has 1 saturated heterocycles. The van der Waals surface area contributed by atoms with Crippen LogP contribution in [0.4, 0.5) is 0 Å². The van der Waals surface area contributed by atoms with Crippen molar-refractivity contribution in [1.82, 2.24) is 20.5 Å². The molecule has 0 radical (unpaired) electrons. The highest BCUT2D eigenvalue weighted by Crippen LogP contribution is 2.40. The van der Waals surface area contributed by atoms with Crippen LogP contribution in [0.3, 0.4) is 0 Å². The summed E-state index contributed by atoms with van der Waals surface area (Å²) in [6.45, 7) is 0.403. The standard InChI is InChI=1S/C26H37N5O7.4H2S/c27-12-4-3-8-18(29-23(33)17-7-5-13-28-15-17)24(34)30-19(25(35)36)10-11-22(32)31-20-9-2-1-6-16(20)14-21(31)26(37)38;;;;/h5,7,13,15-16,18-21H,1-4,6,8-12,14,27H2,(H,29,33)(H,30,34)(H,35,36)(H,37,38);4*1H2/t16-,18-,19+,20-,21-;;;;/m0..../s1. The third-order valence-corrected chi connectivity index (χ3v) is 7.42. The highest BCUT2D eigenvalue weighted by atomic mass is 32.1. The van der Waals surface area contributed by atoms with Crippen LogP contribution < -0.4 is 16.4 Å². The lowest BCUT2D eigenvalue weighted by atomic mass is 9.84. The lowest BCUT2D eigenvalue weighted by Gasteiger charge is -2.33. The molecular weight excluding hydrogens is 623 g/mol. The van der Waals surface area contributed by atoms with E-state index in [-0.39, 0.29) is 90.8 Å². The van der Waals surface area contributed by atoms with E-state index in [1.54, 1.807) is 12.1 Å². The van der Waals surface area contributed by atoms with E-state index in [4.69, 9.17) is 5.73 Å². The average Bonchev–Trinajstić information content (AvgIpc) is 3.30. The van der Waals surface area contributed by atoms with Crippen LogP contribution in [-0.4, -0.2) is 80.5 Å². The number of amides is 3. The summed E-state index contributed by atoms with van der Waals surface area (Å²) in [5.41, 5.74) is 5.80. The fraction of sp³-hybridized carbons (Fsp3) is 0.615. The van der Waals surface area contributed by atoms with Crippen LogP contribution in [0.25, 0.3) is 0 Å². The van der Waals surface area contributed by atoms with Gasteiger partial charge in [-0.05, 0) is 69.5 Å². The molecule has 240 valence electrons. The van der Waals surface area contributed by atoms with Gasteiger partial charge in [-0.25, -0.2) is 9.59 Å². The van der Waals surface area contributed by atoms with Gasteiger partial charge in [0.05, 0.1) is 5.56 Å². The van der Waals surface area contributed by atoms with Crippen molar-refractivity contribution in [3.8, 4) is 0 Å². The zero-order chi connectivity index (χ0) is 27.7. The quantitative estimate of drug-likeness (QED) is 0.193. The van der Waals surface area contributed by atoms with Crippen molar-refractivity contribution >= 4 is 83.6 Å². The molecule has 0 unspecified atom stereocenters. The summed E-state index contributed by atoms with van der Waals surface area (Å²) in [5, 5.41) is 24.5. The van der Waals surface area contributed by atoms with E-state index in [0.29, 0.717) is 25.8 Å². The number of carbonyl (C=O) groups is 5. The molecule has 0 spiro atoms. The molecule has 42 heavy (non-hydrogen) atoms. The predicted octanol–water partition coefficient (Wildman–Crippen LogP) is 1.35. The van der Waals surface area contributed by atoms with Crippen LogP contribution in [0.2, 0.25) is 0 Å². The summed E-state index contributed by atoms with van der Waals surface area (Å²) < 4.78 is 0. The Morgan fingerprint density at radius 3 is 2.26 bits per heavy atom. The number of aliphatic carboxylic acids is 2. The minimum atomic E-state index is -1.38. The van der Waals surface area contributed by atoms with Crippen molar-refractivity contribution in [2.45, 2.75) is 88.4 Å². The van der Waals surface area contributed by atoms with Crippen molar-refractivity contribution in [2.75, 3.05) is 6.54 Å². The van der Waals surface area contributed by atoms with Crippen molar-refractivity contribution in [3.05, 3.63) is 30.1 Å². The number of aromatic nitrogens is 1. The molecule has 1 saturated carbocycles. The minimum absolute atomic E-state index is 0. The lowest BCUT2D eigenvalue weighted by Crippen LogP contribution is -2.52. The number of rotatable bonds is 13. The number of fused-ring (bicyclic) bond motifs is 1.